The summed E-state index contributed by atoms with van der Waals surface area (Å²) in [6.45, 7) is -1.56. The van der Waals surface area contributed by atoms with Crippen molar-refractivity contribution >= 4 is 33.5 Å². The summed E-state index contributed by atoms with van der Waals surface area (Å²) in [5.41, 5.74) is 0.525. The molecular weight excluding hydrogens is 535 g/mol. The number of rotatable bonds is 8. The predicted molar refractivity (Wildman–Crippen MR) is 132 cm³/mol. The van der Waals surface area contributed by atoms with Crippen LogP contribution in [0, 0.1) is 11.6 Å². The van der Waals surface area contributed by atoms with E-state index in [-0.39, 0.29) is 34.9 Å². The Balaban J connectivity index is 1.95. The molecule has 2 aromatic carbocycles. The van der Waals surface area contributed by atoms with Crippen LogP contribution in [0.5, 0.6) is 5.75 Å². The molecule has 1 aliphatic rings. The second-order valence-electron chi connectivity index (χ2n) is 9.49. The number of amides is 2. The number of aliphatic carboxylic acids is 1. The van der Waals surface area contributed by atoms with Crippen molar-refractivity contribution in [3.63, 3.8) is 0 Å². The molecule has 3 rings (SSSR count). The number of carboxylic acid groups (broad SMARTS) is 1. The first-order valence-electron chi connectivity index (χ1n) is 11.4. The Hall–Kier alpha value is -3.35. The highest BCUT2D eigenvalue weighted by Crippen LogP contribution is 2.48. The van der Waals surface area contributed by atoms with E-state index in [0.717, 1.165) is 17.0 Å². The zero-order valence-corrected chi connectivity index (χ0v) is 21.6. The number of halogens is 5. The molecule has 7 nitrogen and oxygen atoms in total. The van der Waals surface area contributed by atoms with Gasteiger partial charge in [0, 0.05) is 18.7 Å². The van der Waals surface area contributed by atoms with Crippen molar-refractivity contribution in [2.24, 2.45) is 0 Å². The summed E-state index contributed by atoms with van der Waals surface area (Å²) < 4.78 is 71.9. The van der Waals surface area contributed by atoms with Gasteiger partial charge in [0.25, 0.3) is 5.91 Å². The highest BCUT2D eigenvalue weighted by atomic mass is 32.3. The highest BCUT2D eigenvalue weighted by molar-refractivity contribution is 8.32. The molecule has 1 aliphatic heterocycles. The van der Waals surface area contributed by atoms with Gasteiger partial charge in [-0.2, -0.15) is 13.2 Å². The fraction of sp³-hybridized carbons (Fsp3) is 0.400. The third kappa shape index (κ3) is 7.15. The Morgan fingerprint density at radius 3 is 2.26 bits per heavy atom. The van der Waals surface area contributed by atoms with Crippen LogP contribution in [0.1, 0.15) is 30.0 Å². The molecule has 0 aliphatic carbocycles. The Bertz CT molecular complexity index is 1220. The van der Waals surface area contributed by atoms with Crippen LogP contribution < -0.4 is 10.1 Å². The van der Waals surface area contributed by atoms with E-state index >= 15 is 0 Å². The largest absolute Gasteiger partial charge is 0.484 e. The van der Waals surface area contributed by atoms with Gasteiger partial charge in [0.15, 0.2) is 6.61 Å². The number of alkyl halides is 3. The van der Waals surface area contributed by atoms with E-state index in [4.69, 9.17) is 9.84 Å². The molecule has 2 amide bonds. The predicted octanol–water partition coefficient (Wildman–Crippen LogP) is 4.89. The lowest BCUT2D eigenvalue weighted by molar-refractivity contribution is -0.153. The van der Waals surface area contributed by atoms with Crippen LogP contribution in [0.3, 0.4) is 0 Å². The fourth-order valence-corrected chi connectivity index (χ4v) is 5.48. The van der Waals surface area contributed by atoms with Gasteiger partial charge in [-0.15, -0.1) is 0 Å². The van der Waals surface area contributed by atoms with Crippen molar-refractivity contribution in [1.29, 1.82) is 0 Å². The van der Waals surface area contributed by atoms with Crippen molar-refractivity contribution < 1.29 is 46.2 Å². The van der Waals surface area contributed by atoms with E-state index in [9.17, 15) is 36.3 Å². The average molecular weight is 563 g/mol. The molecule has 1 atom stereocenters. The highest BCUT2D eigenvalue weighted by Gasteiger charge is 2.37. The molecule has 0 aromatic heterocycles. The smallest absolute Gasteiger partial charge is 0.422 e. The second-order valence-corrected chi connectivity index (χ2v) is 13.6. The maximum Gasteiger partial charge on any atom is 0.422 e. The summed E-state index contributed by atoms with van der Waals surface area (Å²) in [7, 11) is -1.77. The van der Waals surface area contributed by atoms with Crippen LogP contribution in [-0.2, 0) is 20.8 Å². The van der Waals surface area contributed by atoms with Gasteiger partial charge in [-0.3, -0.25) is 14.4 Å². The van der Waals surface area contributed by atoms with Crippen LogP contribution in [0.25, 0.3) is 0 Å². The van der Waals surface area contributed by atoms with Gasteiger partial charge < -0.3 is 20.1 Å². The first-order chi connectivity index (χ1) is 17.6. The fourth-order valence-electron chi connectivity index (χ4n) is 4.19. The lowest BCUT2D eigenvalue weighted by atomic mass is 9.91. The van der Waals surface area contributed by atoms with Gasteiger partial charge in [0.1, 0.15) is 23.4 Å². The quantitative estimate of drug-likeness (QED) is 0.447. The summed E-state index contributed by atoms with van der Waals surface area (Å²) >= 11 is 0. The molecule has 0 fully saturated rings. The minimum atomic E-state index is -4.56. The molecule has 1 unspecified atom stereocenters. The summed E-state index contributed by atoms with van der Waals surface area (Å²) in [4.78, 5) is 38.2. The van der Waals surface area contributed by atoms with Crippen molar-refractivity contribution in [2.45, 2.75) is 36.4 Å². The molecule has 38 heavy (non-hydrogen) atoms. The van der Waals surface area contributed by atoms with E-state index in [1.807, 2.05) is 0 Å². The van der Waals surface area contributed by atoms with Gasteiger partial charge in [-0.05, 0) is 60.6 Å². The van der Waals surface area contributed by atoms with Crippen LogP contribution >= 0.6 is 10.0 Å². The van der Waals surface area contributed by atoms with E-state index in [2.05, 4.69) is 5.32 Å². The monoisotopic (exact) mass is 562 g/mol. The molecule has 0 bridgehead atoms. The Labute approximate surface area is 217 Å². The van der Waals surface area contributed by atoms with Crippen molar-refractivity contribution in [3.05, 3.63) is 53.1 Å². The zero-order valence-electron chi connectivity index (χ0n) is 20.8. The van der Waals surface area contributed by atoms with Gasteiger partial charge in [-0.25, -0.2) is 18.8 Å². The molecule has 13 heteroatoms. The molecule has 2 N–H and O–H groups in total. The first-order valence-corrected chi connectivity index (χ1v) is 14.2. The molecule has 1 heterocycles. The number of nitrogens with one attached hydrogen (secondary N) is 1. The lowest BCUT2D eigenvalue weighted by Crippen LogP contribution is -2.45. The Morgan fingerprint density at radius 2 is 1.71 bits per heavy atom. The van der Waals surface area contributed by atoms with Gasteiger partial charge in [-0.1, -0.05) is 6.07 Å². The summed E-state index contributed by atoms with van der Waals surface area (Å²) in [5.74, 6) is -4.45. The van der Waals surface area contributed by atoms with E-state index in [0.29, 0.717) is 5.56 Å². The van der Waals surface area contributed by atoms with Crippen LogP contribution in [0.2, 0.25) is 0 Å². The number of benzene rings is 2. The number of carboxylic acids is 1. The standard InChI is InChI=1S/C25H27F5N2O5S/c1-38(2,3)23-18(26)11-15(12-19(23)27)31-24(36)22-17-5-4-16(37-13-25(28,29)30)10-14(17)8-9-32(22)20(33)6-7-21(34)35/h4-5,10-12,22H,6-9,13H2,1-3H3,(H,31,36)(H,34,35). The zero-order chi connectivity index (χ0) is 28.4. The van der Waals surface area contributed by atoms with E-state index in [1.165, 1.54) is 18.2 Å². The number of fused-ring (bicyclic) bond motifs is 1. The first kappa shape index (κ1) is 29.2. The number of nitrogens with zero attached hydrogens (tertiary/aromatic N) is 1. The molecule has 0 saturated heterocycles. The van der Waals surface area contributed by atoms with Crippen LogP contribution in [0.4, 0.5) is 27.6 Å². The summed E-state index contributed by atoms with van der Waals surface area (Å²) in [6.07, 6.45) is -0.147. The van der Waals surface area contributed by atoms with Crippen LogP contribution in [0.15, 0.2) is 35.2 Å². The van der Waals surface area contributed by atoms with Crippen molar-refractivity contribution in [2.75, 3.05) is 37.2 Å². The second kappa shape index (κ2) is 11.2. The lowest BCUT2D eigenvalue weighted by Gasteiger charge is -2.36. The van der Waals surface area contributed by atoms with Crippen LogP contribution in [-0.4, -0.2) is 65.9 Å². The molecule has 0 saturated carbocycles. The van der Waals surface area contributed by atoms with Gasteiger partial charge in [0.05, 0.1) is 11.3 Å². The minimum absolute atomic E-state index is 0.0404. The number of ether oxygens (including phenoxy) is 1. The summed E-state index contributed by atoms with van der Waals surface area (Å²) in [6, 6.07) is 4.52. The maximum atomic E-state index is 14.7. The normalized spacial score (nSPS) is 16.0. The SMILES string of the molecule is CS(C)(C)c1c(F)cc(NC(=O)C2c3ccc(OCC(F)(F)F)cc3CCN2C(=O)CCC(=O)O)cc1F. The molecule has 2 aromatic rings. The number of carbonyl (C=O) groups excluding carboxylic acids is 2. The third-order valence-corrected chi connectivity index (χ3v) is 7.36. The topological polar surface area (TPSA) is 95.9 Å². The van der Waals surface area contributed by atoms with E-state index < -0.39 is 71.1 Å². The Morgan fingerprint density at radius 1 is 1.08 bits per heavy atom. The number of carbonyl (C=O) groups is 3. The maximum absolute atomic E-state index is 14.7. The number of hydrogen-bond acceptors (Lipinski definition) is 4. The average Bonchev–Trinajstić information content (AvgIpc) is 2.78. The Kier molecular flexibility index (Phi) is 8.59. The van der Waals surface area contributed by atoms with E-state index in [1.54, 1.807) is 18.8 Å². The summed E-state index contributed by atoms with van der Waals surface area (Å²) in [5, 5.41) is 11.4. The molecule has 0 spiro atoms. The number of hydrogen-bond donors (Lipinski definition) is 2. The number of anilines is 1. The molecule has 208 valence electrons. The minimum Gasteiger partial charge on any atom is -0.484 e. The third-order valence-electron chi connectivity index (χ3n) is 5.74. The van der Waals surface area contributed by atoms with Crippen molar-refractivity contribution in [1.82, 2.24) is 4.90 Å². The van der Waals surface area contributed by atoms with Gasteiger partial charge >= 0.3 is 12.1 Å². The molecular formula is C25H27F5N2O5S. The van der Waals surface area contributed by atoms with Gasteiger partial charge in [0.2, 0.25) is 5.91 Å². The molecule has 0 radical (unpaired) electrons. The van der Waals surface area contributed by atoms with Crippen molar-refractivity contribution in [3.8, 4) is 5.75 Å².